The van der Waals surface area contributed by atoms with Gasteiger partial charge in [0.05, 0.1) is 25.3 Å². The number of amides is 1. The van der Waals surface area contributed by atoms with E-state index in [4.69, 9.17) is 0 Å². The number of aromatic amines is 1. The Hall–Kier alpha value is -2.37. The van der Waals surface area contributed by atoms with E-state index in [1.807, 2.05) is 24.4 Å². The summed E-state index contributed by atoms with van der Waals surface area (Å²) in [5, 5.41) is 10.8. The second-order valence-corrected chi connectivity index (χ2v) is 5.06. The first-order valence-corrected chi connectivity index (χ1v) is 6.90. The van der Waals surface area contributed by atoms with Crippen molar-refractivity contribution in [1.82, 2.24) is 4.90 Å². The van der Waals surface area contributed by atoms with Gasteiger partial charge >= 0.3 is 0 Å². The summed E-state index contributed by atoms with van der Waals surface area (Å²) in [4.78, 5) is 30.1. The lowest BCUT2D eigenvalue weighted by atomic mass is 10.1. The van der Waals surface area contributed by atoms with Gasteiger partial charge in [-0.3, -0.25) is 9.69 Å². The normalized spacial score (nSPS) is 16.5. The maximum absolute atomic E-state index is 12.2. The molecule has 6 nitrogen and oxygen atoms in total. The molecule has 0 aromatic carbocycles. The molecule has 0 unspecified atom stereocenters. The molecule has 0 saturated carbocycles. The standard InChI is InChI=1S/C15H19N3O3/c1-11(12(2)15(20)21)14(19)18-9-7-17(8-10-18)13-5-3-4-6-16-13/h3-6H,7-10H2,1-2H3,(H,20,21)/b12-11-. The summed E-state index contributed by atoms with van der Waals surface area (Å²) in [5.74, 6) is -0.505. The average Bonchev–Trinajstić information content (AvgIpc) is 2.53. The minimum Gasteiger partial charge on any atom is -0.545 e. The van der Waals surface area contributed by atoms with Crippen LogP contribution in [0.25, 0.3) is 0 Å². The number of hydrogen-bond donors (Lipinski definition) is 0. The Balaban J connectivity index is 2.00. The number of carbonyl (C=O) groups excluding carboxylic acids is 2. The third kappa shape index (κ3) is 3.39. The molecular formula is C15H19N3O3. The van der Waals surface area contributed by atoms with Gasteiger partial charge in [0, 0.05) is 11.6 Å². The number of aliphatic carboxylic acids is 1. The van der Waals surface area contributed by atoms with Crippen LogP contribution in [0.2, 0.25) is 0 Å². The number of carbonyl (C=O) groups is 2. The number of piperazine rings is 1. The summed E-state index contributed by atoms with van der Waals surface area (Å²) >= 11 is 0. The monoisotopic (exact) mass is 289 g/mol. The summed E-state index contributed by atoms with van der Waals surface area (Å²) in [6, 6.07) is 5.86. The van der Waals surface area contributed by atoms with E-state index in [1.54, 1.807) is 4.90 Å². The Morgan fingerprint density at radius 3 is 2.29 bits per heavy atom. The van der Waals surface area contributed by atoms with Crippen molar-refractivity contribution in [3.63, 3.8) is 0 Å². The molecule has 1 saturated heterocycles. The topological polar surface area (TPSA) is 77.8 Å². The Morgan fingerprint density at radius 1 is 1.10 bits per heavy atom. The predicted molar refractivity (Wildman–Crippen MR) is 75.2 cm³/mol. The Labute approximate surface area is 123 Å². The summed E-state index contributed by atoms with van der Waals surface area (Å²) in [6.07, 6.45) is 1.86. The van der Waals surface area contributed by atoms with Gasteiger partial charge in [0.2, 0.25) is 5.91 Å². The van der Waals surface area contributed by atoms with E-state index in [0.29, 0.717) is 26.2 Å². The van der Waals surface area contributed by atoms with Gasteiger partial charge < -0.3 is 14.8 Å². The molecule has 1 aromatic heterocycles. The van der Waals surface area contributed by atoms with E-state index >= 15 is 0 Å². The van der Waals surface area contributed by atoms with Crippen molar-refractivity contribution in [2.24, 2.45) is 0 Å². The van der Waals surface area contributed by atoms with Gasteiger partial charge in [-0.15, -0.1) is 0 Å². The van der Waals surface area contributed by atoms with Gasteiger partial charge in [0.1, 0.15) is 13.1 Å². The van der Waals surface area contributed by atoms with Crippen molar-refractivity contribution in [2.45, 2.75) is 13.8 Å². The SMILES string of the molecule is C/C(C(=O)[O-])=C(\C)C(=O)N1CCN(c2cccc[nH+]2)CC1. The van der Waals surface area contributed by atoms with Crippen molar-refractivity contribution < 1.29 is 19.7 Å². The van der Waals surface area contributed by atoms with Crippen LogP contribution in [0.1, 0.15) is 13.8 Å². The first-order valence-electron chi connectivity index (χ1n) is 6.90. The van der Waals surface area contributed by atoms with Crippen LogP contribution in [0.15, 0.2) is 35.5 Å². The van der Waals surface area contributed by atoms with E-state index in [0.717, 1.165) is 5.82 Å². The zero-order chi connectivity index (χ0) is 15.4. The number of hydrogen-bond acceptors (Lipinski definition) is 4. The van der Waals surface area contributed by atoms with E-state index in [-0.39, 0.29) is 17.1 Å². The molecule has 21 heavy (non-hydrogen) atoms. The average molecular weight is 289 g/mol. The first-order chi connectivity index (χ1) is 10.0. The van der Waals surface area contributed by atoms with Crippen molar-refractivity contribution in [2.75, 3.05) is 31.1 Å². The number of nitrogens with zero attached hydrogens (tertiary/aromatic N) is 2. The quantitative estimate of drug-likeness (QED) is 0.685. The molecule has 1 aromatic rings. The highest BCUT2D eigenvalue weighted by Gasteiger charge is 2.27. The predicted octanol–water partition coefficient (Wildman–Crippen LogP) is -0.764. The summed E-state index contributed by atoms with van der Waals surface area (Å²) < 4.78 is 0. The number of H-pyrrole nitrogens is 1. The molecule has 1 aliphatic heterocycles. The minimum absolute atomic E-state index is 0.00109. The van der Waals surface area contributed by atoms with Crippen molar-refractivity contribution in [3.05, 3.63) is 35.5 Å². The molecule has 1 amide bonds. The number of pyridine rings is 1. The maximum atomic E-state index is 12.2. The van der Waals surface area contributed by atoms with Gasteiger partial charge in [-0.25, -0.2) is 4.98 Å². The zero-order valence-corrected chi connectivity index (χ0v) is 12.3. The van der Waals surface area contributed by atoms with E-state index < -0.39 is 5.97 Å². The number of rotatable bonds is 3. The molecule has 2 rings (SSSR count). The Kier molecular flexibility index (Phi) is 4.57. The number of aromatic nitrogens is 1. The van der Waals surface area contributed by atoms with Crippen LogP contribution in [0, 0.1) is 0 Å². The number of carboxylic acids is 1. The molecule has 0 atom stereocenters. The fourth-order valence-corrected chi connectivity index (χ4v) is 2.28. The van der Waals surface area contributed by atoms with Gasteiger partial charge in [-0.05, 0) is 25.5 Å². The molecule has 2 heterocycles. The molecule has 1 fully saturated rings. The molecule has 0 aliphatic carbocycles. The van der Waals surface area contributed by atoms with Crippen LogP contribution in [-0.2, 0) is 9.59 Å². The highest BCUT2D eigenvalue weighted by atomic mass is 16.4. The van der Waals surface area contributed by atoms with E-state index in [2.05, 4.69) is 9.88 Å². The second-order valence-electron chi connectivity index (χ2n) is 5.06. The molecule has 1 N–H and O–H groups in total. The van der Waals surface area contributed by atoms with Crippen molar-refractivity contribution in [3.8, 4) is 0 Å². The zero-order valence-electron chi connectivity index (χ0n) is 12.3. The summed E-state index contributed by atoms with van der Waals surface area (Å²) in [6.45, 7) is 5.49. The van der Waals surface area contributed by atoms with Gasteiger partial charge in [0.25, 0.3) is 5.82 Å². The van der Waals surface area contributed by atoms with E-state index in [9.17, 15) is 14.7 Å². The first kappa shape index (κ1) is 15.0. The fourth-order valence-electron chi connectivity index (χ4n) is 2.28. The van der Waals surface area contributed by atoms with E-state index in [1.165, 1.54) is 13.8 Å². The minimum atomic E-state index is -1.29. The molecule has 6 heteroatoms. The summed E-state index contributed by atoms with van der Waals surface area (Å²) in [5.41, 5.74) is 0.244. The van der Waals surface area contributed by atoms with Crippen LogP contribution in [-0.4, -0.2) is 43.0 Å². The highest BCUT2D eigenvalue weighted by Crippen LogP contribution is 2.13. The van der Waals surface area contributed by atoms with Crippen LogP contribution in [0.3, 0.4) is 0 Å². The third-order valence-corrected chi connectivity index (χ3v) is 3.79. The molecular weight excluding hydrogens is 270 g/mol. The van der Waals surface area contributed by atoms with Crippen LogP contribution < -0.4 is 15.0 Å². The van der Waals surface area contributed by atoms with Crippen molar-refractivity contribution >= 4 is 17.7 Å². The third-order valence-electron chi connectivity index (χ3n) is 3.79. The lowest BCUT2D eigenvalue weighted by Crippen LogP contribution is -2.50. The van der Waals surface area contributed by atoms with Crippen LogP contribution in [0.4, 0.5) is 5.82 Å². The van der Waals surface area contributed by atoms with Crippen LogP contribution >= 0.6 is 0 Å². The van der Waals surface area contributed by atoms with Gasteiger partial charge in [-0.1, -0.05) is 6.07 Å². The van der Waals surface area contributed by atoms with Gasteiger partial charge in [0.15, 0.2) is 0 Å². The smallest absolute Gasteiger partial charge is 0.274 e. The number of anilines is 1. The molecule has 0 radical (unpaired) electrons. The fraction of sp³-hybridized carbons (Fsp3) is 0.400. The Bertz CT molecular complexity index is 561. The summed E-state index contributed by atoms with van der Waals surface area (Å²) in [7, 11) is 0. The lowest BCUT2D eigenvalue weighted by Gasteiger charge is -2.31. The highest BCUT2D eigenvalue weighted by molar-refractivity contribution is 6.00. The molecule has 112 valence electrons. The largest absolute Gasteiger partial charge is 0.545 e. The van der Waals surface area contributed by atoms with Crippen LogP contribution in [0.5, 0.6) is 0 Å². The van der Waals surface area contributed by atoms with Gasteiger partial charge in [-0.2, -0.15) is 0 Å². The molecule has 0 bridgehead atoms. The maximum Gasteiger partial charge on any atom is 0.274 e. The molecule has 1 aliphatic rings. The molecule has 0 spiro atoms. The Morgan fingerprint density at radius 2 is 1.76 bits per heavy atom. The lowest BCUT2D eigenvalue weighted by molar-refractivity contribution is -0.364. The number of carboxylic acid groups (broad SMARTS) is 1. The second kappa shape index (κ2) is 6.39. The number of nitrogens with one attached hydrogen (secondary N) is 1. The van der Waals surface area contributed by atoms with Crippen molar-refractivity contribution in [1.29, 1.82) is 0 Å².